The van der Waals surface area contributed by atoms with E-state index >= 15 is 0 Å². The molecule has 18 heavy (non-hydrogen) atoms. The first-order chi connectivity index (χ1) is 8.74. The molecule has 3 rings (SSSR count). The van der Waals surface area contributed by atoms with Crippen LogP contribution in [0.1, 0.15) is 37.7 Å². The Morgan fingerprint density at radius 1 is 1.28 bits per heavy atom. The minimum absolute atomic E-state index is 0.444. The van der Waals surface area contributed by atoms with Crippen LogP contribution in [0.3, 0.4) is 0 Å². The Bertz CT molecular complexity index is 449. The Hall–Kier alpha value is -0.705. The van der Waals surface area contributed by atoms with Crippen LogP contribution in [0.5, 0.6) is 0 Å². The van der Waals surface area contributed by atoms with Crippen molar-refractivity contribution in [3.8, 4) is 0 Å². The molecule has 2 aliphatic rings. The van der Waals surface area contributed by atoms with Gasteiger partial charge in [0.2, 0.25) is 0 Å². The van der Waals surface area contributed by atoms with Gasteiger partial charge in [0, 0.05) is 6.04 Å². The van der Waals surface area contributed by atoms with Crippen LogP contribution >= 0.6 is 11.6 Å². The van der Waals surface area contributed by atoms with Crippen molar-refractivity contribution in [2.24, 2.45) is 0 Å². The highest BCUT2D eigenvalue weighted by Gasteiger charge is 2.28. The lowest BCUT2D eigenvalue weighted by molar-refractivity contribution is 0.275. The Labute approximate surface area is 113 Å². The average Bonchev–Trinajstić information content (AvgIpc) is 2.73. The number of benzene rings is 1. The van der Waals surface area contributed by atoms with Gasteiger partial charge in [0.25, 0.3) is 0 Å². The monoisotopic (exact) mass is 265 g/mol. The standard InChI is InChI=1S/C13H17BClNO2/c15-12-6-9-8-18-14(17)11(9)7-13(12)16-10-4-2-1-3-5-10/h6-7,10,16-17H,1-5,8H2. The molecular weight excluding hydrogens is 248 g/mol. The van der Waals surface area contributed by atoms with E-state index < -0.39 is 7.12 Å². The number of hydrogen-bond donors (Lipinski definition) is 2. The van der Waals surface area contributed by atoms with E-state index in [4.69, 9.17) is 16.3 Å². The van der Waals surface area contributed by atoms with Gasteiger partial charge in [-0.1, -0.05) is 30.9 Å². The third kappa shape index (κ3) is 2.37. The maximum absolute atomic E-state index is 9.71. The zero-order chi connectivity index (χ0) is 12.5. The Kier molecular flexibility index (Phi) is 3.51. The molecule has 1 aliphatic heterocycles. The van der Waals surface area contributed by atoms with Crippen molar-refractivity contribution in [1.29, 1.82) is 0 Å². The molecule has 0 atom stereocenters. The molecule has 0 spiro atoms. The normalized spacial score (nSPS) is 20.0. The van der Waals surface area contributed by atoms with Gasteiger partial charge in [0.05, 0.1) is 17.3 Å². The van der Waals surface area contributed by atoms with Crippen molar-refractivity contribution in [3.05, 3.63) is 22.7 Å². The maximum Gasteiger partial charge on any atom is 0.491 e. The van der Waals surface area contributed by atoms with Crippen LogP contribution in [0.4, 0.5) is 5.69 Å². The van der Waals surface area contributed by atoms with Gasteiger partial charge in [0.1, 0.15) is 0 Å². The summed E-state index contributed by atoms with van der Waals surface area (Å²) in [4.78, 5) is 0. The van der Waals surface area contributed by atoms with E-state index in [1.54, 1.807) is 0 Å². The maximum atomic E-state index is 9.71. The lowest BCUT2D eigenvalue weighted by atomic mass is 9.79. The molecular formula is C13H17BClNO2. The second-order valence-electron chi connectivity index (χ2n) is 5.17. The van der Waals surface area contributed by atoms with Crippen LogP contribution in [0.15, 0.2) is 12.1 Å². The second-order valence-corrected chi connectivity index (χ2v) is 5.58. The smallest absolute Gasteiger partial charge is 0.423 e. The van der Waals surface area contributed by atoms with Crippen molar-refractivity contribution in [3.63, 3.8) is 0 Å². The van der Waals surface area contributed by atoms with Crippen molar-refractivity contribution < 1.29 is 9.68 Å². The van der Waals surface area contributed by atoms with Gasteiger partial charge in [-0.15, -0.1) is 0 Å². The number of halogens is 1. The van der Waals surface area contributed by atoms with Gasteiger partial charge in [0.15, 0.2) is 0 Å². The lowest BCUT2D eigenvalue weighted by Gasteiger charge is -2.24. The topological polar surface area (TPSA) is 41.5 Å². The van der Waals surface area contributed by atoms with E-state index in [0.29, 0.717) is 12.6 Å². The van der Waals surface area contributed by atoms with Crippen molar-refractivity contribution in [2.75, 3.05) is 5.32 Å². The summed E-state index contributed by atoms with van der Waals surface area (Å²) >= 11 is 6.28. The molecule has 3 nitrogen and oxygen atoms in total. The molecule has 1 fully saturated rings. The number of fused-ring (bicyclic) bond motifs is 1. The fraction of sp³-hybridized carbons (Fsp3) is 0.538. The zero-order valence-electron chi connectivity index (χ0n) is 10.3. The molecule has 0 unspecified atom stereocenters. The third-order valence-electron chi connectivity index (χ3n) is 3.86. The molecule has 0 radical (unpaired) electrons. The molecule has 0 amide bonds. The van der Waals surface area contributed by atoms with E-state index in [1.807, 2.05) is 12.1 Å². The van der Waals surface area contributed by atoms with Gasteiger partial charge in [-0.25, -0.2) is 0 Å². The molecule has 0 bridgehead atoms. The number of hydrogen-bond acceptors (Lipinski definition) is 3. The average molecular weight is 266 g/mol. The number of nitrogens with one attached hydrogen (secondary N) is 1. The van der Waals surface area contributed by atoms with E-state index in [1.165, 1.54) is 32.1 Å². The molecule has 1 aliphatic carbocycles. The predicted octanol–water partition coefficient (Wildman–Crippen LogP) is 2.30. The van der Waals surface area contributed by atoms with Crippen molar-refractivity contribution in [2.45, 2.75) is 44.8 Å². The molecule has 0 aromatic heterocycles. The molecule has 0 saturated heterocycles. The largest absolute Gasteiger partial charge is 0.491 e. The highest BCUT2D eigenvalue weighted by Crippen LogP contribution is 2.28. The van der Waals surface area contributed by atoms with Gasteiger partial charge in [-0.05, 0) is 36.0 Å². The molecule has 1 saturated carbocycles. The fourth-order valence-electron chi connectivity index (χ4n) is 2.82. The summed E-state index contributed by atoms with van der Waals surface area (Å²) in [6, 6.07) is 4.34. The highest BCUT2D eigenvalue weighted by atomic mass is 35.5. The SMILES string of the molecule is OB1OCc2cc(Cl)c(NC3CCCCC3)cc21. The summed E-state index contributed by atoms with van der Waals surface area (Å²) in [5.74, 6) is 0. The quantitative estimate of drug-likeness (QED) is 0.806. The second kappa shape index (κ2) is 5.12. The van der Waals surface area contributed by atoms with Gasteiger partial charge >= 0.3 is 7.12 Å². The first-order valence-electron chi connectivity index (χ1n) is 6.62. The summed E-state index contributed by atoms with van der Waals surface area (Å²) in [5.41, 5.74) is 2.76. The lowest BCUT2D eigenvalue weighted by Crippen LogP contribution is -2.29. The summed E-state index contributed by atoms with van der Waals surface area (Å²) in [6.07, 6.45) is 6.31. The van der Waals surface area contributed by atoms with E-state index in [9.17, 15) is 5.02 Å². The molecule has 1 aromatic rings. The van der Waals surface area contributed by atoms with E-state index in [-0.39, 0.29) is 0 Å². The molecule has 2 N–H and O–H groups in total. The van der Waals surface area contributed by atoms with Gasteiger partial charge in [-0.2, -0.15) is 0 Å². The summed E-state index contributed by atoms with van der Waals surface area (Å²) < 4.78 is 5.19. The summed E-state index contributed by atoms with van der Waals surface area (Å²) in [7, 11) is -0.802. The Morgan fingerprint density at radius 3 is 2.83 bits per heavy atom. The predicted molar refractivity (Wildman–Crippen MR) is 74.3 cm³/mol. The van der Waals surface area contributed by atoms with Gasteiger partial charge < -0.3 is 15.0 Å². The highest BCUT2D eigenvalue weighted by molar-refractivity contribution is 6.61. The zero-order valence-corrected chi connectivity index (χ0v) is 11.0. The first-order valence-corrected chi connectivity index (χ1v) is 7.00. The van der Waals surface area contributed by atoms with Crippen LogP contribution in [-0.2, 0) is 11.3 Å². The van der Waals surface area contributed by atoms with Crippen LogP contribution in [0, 0.1) is 0 Å². The van der Waals surface area contributed by atoms with Crippen LogP contribution in [0.2, 0.25) is 5.02 Å². The van der Waals surface area contributed by atoms with Crippen LogP contribution in [-0.4, -0.2) is 18.2 Å². The molecule has 1 aromatic carbocycles. The van der Waals surface area contributed by atoms with Crippen molar-refractivity contribution in [1.82, 2.24) is 0 Å². The molecule has 96 valence electrons. The van der Waals surface area contributed by atoms with E-state index in [0.717, 1.165) is 21.7 Å². The number of anilines is 1. The van der Waals surface area contributed by atoms with Crippen molar-refractivity contribution >= 4 is 29.9 Å². The first kappa shape index (κ1) is 12.3. The number of rotatable bonds is 2. The Balaban J connectivity index is 1.81. The van der Waals surface area contributed by atoms with Crippen LogP contribution in [0.25, 0.3) is 0 Å². The Morgan fingerprint density at radius 2 is 2.06 bits per heavy atom. The summed E-state index contributed by atoms with van der Waals surface area (Å²) in [5, 5.41) is 13.9. The summed E-state index contributed by atoms with van der Waals surface area (Å²) in [6.45, 7) is 0.444. The fourth-order valence-corrected chi connectivity index (χ4v) is 3.06. The van der Waals surface area contributed by atoms with Gasteiger partial charge in [-0.3, -0.25) is 0 Å². The van der Waals surface area contributed by atoms with E-state index in [2.05, 4.69) is 5.32 Å². The minimum Gasteiger partial charge on any atom is -0.423 e. The molecule has 5 heteroatoms. The third-order valence-corrected chi connectivity index (χ3v) is 4.17. The minimum atomic E-state index is -0.802. The van der Waals surface area contributed by atoms with Crippen LogP contribution < -0.4 is 10.8 Å². The molecule has 1 heterocycles.